The quantitative estimate of drug-likeness (QED) is 0.772. The fourth-order valence-electron chi connectivity index (χ4n) is 3.22. The van der Waals surface area contributed by atoms with E-state index in [2.05, 4.69) is 17.0 Å². The van der Waals surface area contributed by atoms with Crippen LogP contribution >= 0.6 is 0 Å². The zero-order chi connectivity index (χ0) is 16.7. The topological polar surface area (TPSA) is 69.3 Å². The highest BCUT2D eigenvalue weighted by molar-refractivity contribution is 5.42. The van der Waals surface area contributed by atoms with Gasteiger partial charge in [-0.3, -0.25) is 4.90 Å². The lowest BCUT2D eigenvalue weighted by Gasteiger charge is -2.28. The Hall–Kier alpha value is -2.24. The summed E-state index contributed by atoms with van der Waals surface area (Å²) in [6.07, 6.45) is 3.20. The van der Waals surface area contributed by atoms with Gasteiger partial charge in [-0.2, -0.15) is 10.5 Å². The van der Waals surface area contributed by atoms with Crippen LogP contribution in [0.3, 0.4) is 0 Å². The van der Waals surface area contributed by atoms with Gasteiger partial charge in [0.05, 0.1) is 32.3 Å². The second-order valence-electron chi connectivity index (χ2n) is 5.78. The van der Waals surface area contributed by atoms with Crippen LogP contribution < -0.4 is 9.47 Å². The SMILES string of the molecule is COc1ccc(OC)c([C@H]2CCCN2C[C@@H](C#N)CCC#N)c1. The minimum absolute atomic E-state index is 0.105. The number of nitrogens with zero attached hydrogens (tertiary/aromatic N) is 3. The van der Waals surface area contributed by atoms with Crippen molar-refractivity contribution in [1.82, 2.24) is 4.90 Å². The smallest absolute Gasteiger partial charge is 0.123 e. The Labute approximate surface area is 138 Å². The van der Waals surface area contributed by atoms with Crippen molar-refractivity contribution in [2.45, 2.75) is 31.7 Å². The molecule has 1 fully saturated rings. The molecule has 0 spiro atoms. The van der Waals surface area contributed by atoms with Gasteiger partial charge in [0.25, 0.3) is 0 Å². The molecule has 0 N–H and O–H groups in total. The molecular formula is C18H23N3O2. The van der Waals surface area contributed by atoms with Gasteiger partial charge in [0, 0.05) is 24.6 Å². The lowest BCUT2D eigenvalue weighted by Crippen LogP contribution is -2.29. The fourth-order valence-corrected chi connectivity index (χ4v) is 3.22. The van der Waals surface area contributed by atoms with E-state index in [1.807, 2.05) is 18.2 Å². The normalized spacial score (nSPS) is 18.9. The van der Waals surface area contributed by atoms with Crippen molar-refractivity contribution >= 4 is 0 Å². The molecule has 122 valence electrons. The van der Waals surface area contributed by atoms with Crippen LogP contribution in [-0.4, -0.2) is 32.2 Å². The second kappa shape index (κ2) is 8.41. The van der Waals surface area contributed by atoms with Gasteiger partial charge < -0.3 is 9.47 Å². The van der Waals surface area contributed by atoms with E-state index in [0.29, 0.717) is 19.4 Å². The van der Waals surface area contributed by atoms with E-state index in [4.69, 9.17) is 14.7 Å². The van der Waals surface area contributed by atoms with Crippen LogP contribution in [0.4, 0.5) is 0 Å². The van der Waals surface area contributed by atoms with Gasteiger partial charge in [0.1, 0.15) is 11.5 Å². The third kappa shape index (κ3) is 4.15. The molecule has 23 heavy (non-hydrogen) atoms. The Morgan fingerprint density at radius 3 is 2.78 bits per heavy atom. The van der Waals surface area contributed by atoms with Crippen LogP contribution in [0.1, 0.15) is 37.3 Å². The predicted molar refractivity (Wildman–Crippen MR) is 87.0 cm³/mol. The number of nitriles is 2. The summed E-state index contributed by atoms with van der Waals surface area (Å²) in [7, 11) is 3.33. The average molecular weight is 313 g/mol. The number of likely N-dealkylation sites (tertiary alicyclic amines) is 1. The summed E-state index contributed by atoms with van der Waals surface area (Å²) in [5.41, 5.74) is 1.11. The Bertz CT molecular complexity index is 603. The van der Waals surface area contributed by atoms with Crippen molar-refractivity contribution in [1.29, 1.82) is 10.5 Å². The van der Waals surface area contributed by atoms with Crippen LogP contribution in [0.2, 0.25) is 0 Å². The summed E-state index contributed by atoms with van der Waals surface area (Å²) in [5, 5.41) is 18.0. The van der Waals surface area contributed by atoms with Gasteiger partial charge in [-0.05, 0) is 44.0 Å². The van der Waals surface area contributed by atoms with Crippen LogP contribution in [0.25, 0.3) is 0 Å². The van der Waals surface area contributed by atoms with Crippen LogP contribution in [0.5, 0.6) is 11.5 Å². The number of hydrogen-bond acceptors (Lipinski definition) is 5. The number of rotatable bonds is 7. The third-order valence-corrected chi connectivity index (χ3v) is 4.40. The summed E-state index contributed by atoms with van der Waals surface area (Å²) in [6.45, 7) is 1.67. The minimum atomic E-state index is -0.105. The molecule has 2 rings (SSSR count). The van der Waals surface area contributed by atoms with E-state index < -0.39 is 0 Å². The van der Waals surface area contributed by atoms with Crippen molar-refractivity contribution in [2.75, 3.05) is 27.3 Å². The number of methoxy groups -OCH3 is 2. The van der Waals surface area contributed by atoms with Crippen molar-refractivity contribution in [2.24, 2.45) is 5.92 Å². The van der Waals surface area contributed by atoms with Crippen LogP contribution in [-0.2, 0) is 0 Å². The first-order chi connectivity index (χ1) is 11.2. The van der Waals surface area contributed by atoms with E-state index >= 15 is 0 Å². The van der Waals surface area contributed by atoms with Crippen molar-refractivity contribution in [3.05, 3.63) is 23.8 Å². The Balaban J connectivity index is 2.18. The first-order valence-corrected chi connectivity index (χ1v) is 7.96. The second-order valence-corrected chi connectivity index (χ2v) is 5.78. The van der Waals surface area contributed by atoms with E-state index in [0.717, 1.165) is 36.4 Å². The van der Waals surface area contributed by atoms with Crippen molar-refractivity contribution in [3.8, 4) is 23.6 Å². The molecule has 5 nitrogen and oxygen atoms in total. The molecule has 1 aliphatic rings. The van der Waals surface area contributed by atoms with E-state index in [9.17, 15) is 5.26 Å². The molecule has 0 aromatic heterocycles. The molecule has 5 heteroatoms. The summed E-state index contributed by atoms with van der Waals surface area (Å²) in [4.78, 5) is 2.34. The summed E-state index contributed by atoms with van der Waals surface area (Å²) in [6, 6.07) is 10.6. The van der Waals surface area contributed by atoms with Crippen LogP contribution in [0.15, 0.2) is 18.2 Å². The molecule has 0 amide bonds. The minimum Gasteiger partial charge on any atom is -0.497 e. The summed E-state index contributed by atoms with van der Waals surface area (Å²) < 4.78 is 10.9. The number of hydrogen-bond donors (Lipinski definition) is 0. The molecule has 1 aliphatic heterocycles. The maximum atomic E-state index is 9.32. The van der Waals surface area contributed by atoms with Gasteiger partial charge in [-0.25, -0.2) is 0 Å². The molecule has 1 heterocycles. The standard InChI is InChI=1S/C18H23N3O2/c1-22-15-7-8-18(23-2)16(11-15)17-6-4-10-21(17)13-14(12-20)5-3-9-19/h7-8,11,14,17H,3-6,10,13H2,1-2H3/t14-,17-/m1/s1. The van der Waals surface area contributed by atoms with Gasteiger partial charge in [0.2, 0.25) is 0 Å². The zero-order valence-corrected chi connectivity index (χ0v) is 13.8. The maximum Gasteiger partial charge on any atom is 0.123 e. The molecular weight excluding hydrogens is 290 g/mol. The number of benzene rings is 1. The molecule has 0 aliphatic carbocycles. The molecule has 1 saturated heterocycles. The lowest BCUT2D eigenvalue weighted by atomic mass is 10.0. The summed E-state index contributed by atoms with van der Waals surface area (Å²) in [5.74, 6) is 1.56. The monoisotopic (exact) mass is 313 g/mol. The highest BCUT2D eigenvalue weighted by Crippen LogP contribution is 2.39. The number of ether oxygens (including phenoxy) is 2. The van der Waals surface area contributed by atoms with Crippen LogP contribution in [0, 0.1) is 28.6 Å². The van der Waals surface area contributed by atoms with Gasteiger partial charge in [-0.1, -0.05) is 0 Å². The van der Waals surface area contributed by atoms with E-state index in [1.54, 1.807) is 14.2 Å². The highest BCUT2D eigenvalue weighted by atomic mass is 16.5. The average Bonchev–Trinajstić information content (AvgIpc) is 3.05. The fraction of sp³-hybridized carbons (Fsp3) is 0.556. The third-order valence-electron chi connectivity index (χ3n) is 4.40. The molecule has 0 saturated carbocycles. The molecule has 0 bridgehead atoms. The lowest BCUT2D eigenvalue weighted by molar-refractivity contribution is 0.226. The van der Waals surface area contributed by atoms with E-state index in [-0.39, 0.29) is 12.0 Å². The first-order valence-electron chi connectivity index (χ1n) is 7.96. The predicted octanol–water partition coefficient (Wildman–Crippen LogP) is 3.28. The van der Waals surface area contributed by atoms with Crippen molar-refractivity contribution < 1.29 is 9.47 Å². The van der Waals surface area contributed by atoms with Gasteiger partial charge in [-0.15, -0.1) is 0 Å². The molecule has 0 radical (unpaired) electrons. The maximum absolute atomic E-state index is 9.32. The van der Waals surface area contributed by atoms with Crippen molar-refractivity contribution in [3.63, 3.8) is 0 Å². The zero-order valence-electron chi connectivity index (χ0n) is 13.8. The van der Waals surface area contributed by atoms with Gasteiger partial charge >= 0.3 is 0 Å². The first kappa shape index (κ1) is 17.1. The molecule has 2 atom stereocenters. The van der Waals surface area contributed by atoms with E-state index in [1.165, 1.54) is 0 Å². The highest BCUT2D eigenvalue weighted by Gasteiger charge is 2.30. The Morgan fingerprint density at radius 1 is 1.30 bits per heavy atom. The molecule has 1 aromatic carbocycles. The molecule has 1 aromatic rings. The molecule has 0 unspecified atom stereocenters. The Morgan fingerprint density at radius 2 is 2.13 bits per heavy atom. The Kier molecular flexibility index (Phi) is 6.26. The summed E-state index contributed by atoms with van der Waals surface area (Å²) >= 11 is 0. The van der Waals surface area contributed by atoms with Gasteiger partial charge in [0.15, 0.2) is 0 Å². The largest absolute Gasteiger partial charge is 0.497 e.